The molecule has 0 bridgehead atoms. The van der Waals surface area contributed by atoms with Crippen LogP contribution in [0.25, 0.3) is 0 Å². The predicted molar refractivity (Wildman–Crippen MR) is 73.0 cm³/mol. The summed E-state index contributed by atoms with van der Waals surface area (Å²) in [6.45, 7) is 2.24. The zero-order valence-corrected chi connectivity index (χ0v) is 10.3. The summed E-state index contributed by atoms with van der Waals surface area (Å²) >= 11 is 3.74. The molecule has 1 nitrogen and oxygen atoms in total. The summed E-state index contributed by atoms with van der Waals surface area (Å²) < 4.78 is 0. The van der Waals surface area contributed by atoms with E-state index in [4.69, 9.17) is 0 Å². The van der Waals surface area contributed by atoms with E-state index >= 15 is 0 Å². The summed E-state index contributed by atoms with van der Waals surface area (Å²) in [6.07, 6.45) is 12.4. The van der Waals surface area contributed by atoms with Crippen molar-refractivity contribution in [1.82, 2.24) is 0 Å². The summed E-state index contributed by atoms with van der Waals surface area (Å²) in [5.74, 6) is 0. The Balaban J connectivity index is 0. The quantitative estimate of drug-likeness (QED) is 0.350. The van der Waals surface area contributed by atoms with Gasteiger partial charge in [-0.25, -0.2) is 0 Å². The Labute approximate surface area is 122 Å². The SMILES string of the molecule is CCCCCCCCCCCC(=O)S.[NaH]. The average Bonchev–Trinajstić information content (AvgIpc) is 2.15. The van der Waals surface area contributed by atoms with Gasteiger partial charge in [0.25, 0.3) is 0 Å². The van der Waals surface area contributed by atoms with E-state index in [1.165, 1.54) is 51.4 Å². The van der Waals surface area contributed by atoms with Crippen LogP contribution in [0.4, 0.5) is 0 Å². The molecule has 0 saturated carbocycles. The van der Waals surface area contributed by atoms with Gasteiger partial charge in [-0.2, -0.15) is 0 Å². The molecule has 0 unspecified atom stereocenters. The molecule has 0 rings (SSSR count). The van der Waals surface area contributed by atoms with Crippen molar-refractivity contribution in [3.63, 3.8) is 0 Å². The third kappa shape index (κ3) is 17.6. The number of unbranched alkanes of at least 4 members (excludes halogenated alkanes) is 8. The van der Waals surface area contributed by atoms with Crippen LogP contribution in [0.5, 0.6) is 0 Å². The molecule has 0 radical (unpaired) electrons. The molecule has 0 N–H and O–H groups in total. The van der Waals surface area contributed by atoms with Gasteiger partial charge in [-0.3, -0.25) is 4.79 Å². The second kappa shape index (κ2) is 15.0. The molecule has 0 aromatic heterocycles. The third-order valence-corrected chi connectivity index (χ3v) is 2.72. The zero-order chi connectivity index (χ0) is 10.6. The van der Waals surface area contributed by atoms with Gasteiger partial charge in [0.1, 0.15) is 0 Å². The summed E-state index contributed by atoms with van der Waals surface area (Å²) in [5, 5.41) is 0.0351. The van der Waals surface area contributed by atoms with Crippen molar-refractivity contribution in [1.29, 1.82) is 0 Å². The minimum absolute atomic E-state index is 0. The average molecular weight is 240 g/mol. The van der Waals surface area contributed by atoms with E-state index in [1.807, 2.05) is 0 Å². The maximum atomic E-state index is 10.5. The number of thiol groups is 1. The number of rotatable bonds is 10. The Bertz CT molecular complexity index is 140. The standard InChI is InChI=1S/C12H24OS.Na.H/c1-2-3-4-5-6-7-8-9-10-11-12(13)14;;/h2-11H2,1H3,(H,13,14);;. The zero-order valence-electron chi connectivity index (χ0n) is 9.43. The number of carbonyl (C=O) groups excluding carboxylic acids is 1. The monoisotopic (exact) mass is 240 g/mol. The van der Waals surface area contributed by atoms with Crippen molar-refractivity contribution >= 4 is 47.3 Å². The van der Waals surface area contributed by atoms with Crippen molar-refractivity contribution in [2.24, 2.45) is 0 Å². The topological polar surface area (TPSA) is 17.1 Å². The summed E-state index contributed by atoms with van der Waals surface area (Å²) in [6, 6.07) is 0. The Kier molecular flexibility index (Phi) is 18.4. The van der Waals surface area contributed by atoms with Crippen molar-refractivity contribution in [2.75, 3.05) is 0 Å². The van der Waals surface area contributed by atoms with Gasteiger partial charge >= 0.3 is 29.6 Å². The minimum atomic E-state index is 0. The molecule has 0 spiro atoms. The molecule has 15 heavy (non-hydrogen) atoms. The van der Waals surface area contributed by atoms with Gasteiger partial charge in [0.15, 0.2) is 5.12 Å². The first kappa shape index (κ1) is 18.4. The van der Waals surface area contributed by atoms with E-state index in [0.717, 1.165) is 6.42 Å². The van der Waals surface area contributed by atoms with Crippen molar-refractivity contribution in [2.45, 2.75) is 71.1 Å². The number of carbonyl (C=O) groups is 1. The fourth-order valence-corrected chi connectivity index (χ4v) is 1.74. The van der Waals surface area contributed by atoms with Crippen LogP contribution >= 0.6 is 12.6 Å². The maximum absolute atomic E-state index is 10.5. The van der Waals surface area contributed by atoms with E-state index in [2.05, 4.69) is 19.6 Å². The third-order valence-electron chi connectivity index (χ3n) is 2.49. The predicted octanol–water partition coefficient (Wildman–Crippen LogP) is 3.72. The van der Waals surface area contributed by atoms with Crippen LogP contribution in [0.2, 0.25) is 0 Å². The molecule has 3 heteroatoms. The van der Waals surface area contributed by atoms with E-state index in [-0.39, 0.29) is 34.7 Å². The molecule has 0 fully saturated rings. The van der Waals surface area contributed by atoms with Gasteiger partial charge in [0.05, 0.1) is 0 Å². The Morgan fingerprint density at radius 3 is 1.67 bits per heavy atom. The molecular weight excluding hydrogens is 215 g/mol. The van der Waals surface area contributed by atoms with Gasteiger partial charge in [-0.15, -0.1) is 12.6 Å². The van der Waals surface area contributed by atoms with Gasteiger partial charge in [-0.1, -0.05) is 58.3 Å². The van der Waals surface area contributed by atoms with Crippen LogP contribution in [0.1, 0.15) is 71.1 Å². The van der Waals surface area contributed by atoms with E-state index < -0.39 is 0 Å². The number of hydrogen-bond donors (Lipinski definition) is 1. The van der Waals surface area contributed by atoms with Crippen LogP contribution in [0, 0.1) is 0 Å². The van der Waals surface area contributed by atoms with Crippen LogP contribution in [0.3, 0.4) is 0 Å². The molecule has 0 aliphatic carbocycles. The second-order valence-corrected chi connectivity index (χ2v) is 4.47. The Morgan fingerprint density at radius 2 is 1.27 bits per heavy atom. The Morgan fingerprint density at radius 1 is 0.867 bits per heavy atom. The van der Waals surface area contributed by atoms with E-state index in [1.54, 1.807) is 0 Å². The molecule has 0 atom stereocenters. The van der Waals surface area contributed by atoms with Crippen LogP contribution < -0.4 is 0 Å². The van der Waals surface area contributed by atoms with Gasteiger partial charge < -0.3 is 0 Å². The van der Waals surface area contributed by atoms with Gasteiger partial charge in [0, 0.05) is 6.42 Å². The fraction of sp³-hybridized carbons (Fsp3) is 0.917. The summed E-state index contributed by atoms with van der Waals surface area (Å²) in [7, 11) is 0. The van der Waals surface area contributed by atoms with E-state index in [0.29, 0.717) is 6.42 Å². The fourth-order valence-electron chi connectivity index (χ4n) is 1.59. The van der Waals surface area contributed by atoms with E-state index in [9.17, 15) is 4.79 Å². The van der Waals surface area contributed by atoms with Crippen molar-refractivity contribution in [3.05, 3.63) is 0 Å². The molecule has 0 saturated heterocycles. The van der Waals surface area contributed by atoms with Crippen molar-refractivity contribution in [3.8, 4) is 0 Å². The Hall–Kier alpha value is 1.02. The first-order chi connectivity index (χ1) is 6.77. The normalized spacial score (nSPS) is 9.73. The van der Waals surface area contributed by atoms with Crippen molar-refractivity contribution < 1.29 is 4.79 Å². The molecule has 0 aliphatic rings. The second-order valence-electron chi connectivity index (χ2n) is 3.97. The van der Waals surface area contributed by atoms with Crippen LogP contribution in [-0.2, 0) is 4.79 Å². The molecule has 0 aromatic carbocycles. The molecule has 86 valence electrons. The van der Waals surface area contributed by atoms with Crippen LogP contribution in [-0.4, -0.2) is 34.7 Å². The summed E-state index contributed by atoms with van der Waals surface area (Å²) in [5.41, 5.74) is 0. The summed E-state index contributed by atoms with van der Waals surface area (Å²) in [4.78, 5) is 10.5. The molecule has 0 amide bonds. The molecule has 0 heterocycles. The van der Waals surface area contributed by atoms with Gasteiger partial charge in [-0.05, 0) is 6.42 Å². The first-order valence-corrected chi connectivity index (χ1v) is 6.44. The molecule has 0 aromatic rings. The van der Waals surface area contributed by atoms with Crippen LogP contribution in [0.15, 0.2) is 0 Å². The number of hydrogen-bond acceptors (Lipinski definition) is 1. The molecular formula is C12H25NaOS. The molecule has 0 aliphatic heterocycles. The van der Waals surface area contributed by atoms with Gasteiger partial charge in [0.2, 0.25) is 0 Å². The first-order valence-electron chi connectivity index (χ1n) is 5.99.